The molecule has 1 heterocycles. The number of aryl methyl sites for hydroxylation is 2. The SMILES string of the molecule is Cc1ccc(SC(C)C(=O)NC2CC(C)(C)Oc3cc(C)ccc32)cc1. The van der Waals surface area contributed by atoms with E-state index in [-0.39, 0.29) is 22.8 Å². The maximum atomic E-state index is 12.8. The second-order valence-electron chi connectivity index (χ2n) is 7.74. The zero-order valence-corrected chi connectivity index (χ0v) is 16.9. The molecule has 0 aliphatic carbocycles. The molecule has 0 fully saturated rings. The smallest absolute Gasteiger partial charge is 0.233 e. The summed E-state index contributed by atoms with van der Waals surface area (Å²) in [7, 11) is 0. The minimum absolute atomic E-state index is 0.0251. The third kappa shape index (κ3) is 4.42. The van der Waals surface area contributed by atoms with Crippen LogP contribution in [0.4, 0.5) is 0 Å². The van der Waals surface area contributed by atoms with Gasteiger partial charge in [0, 0.05) is 16.9 Å². The Hall–Kier alpha value is -1.94. The number of hydrogen-bond donors (Lipinski definition) is 1. The third-order valence-electron chi connectivity index (χ3n) is 4.65. The lowest BCUT2D eigenvalue weighted by atomic mass is 9.89. The largest absolute Gasteiger partial charge is 0.487 e. The average molecular weight is 370 g/mol. The molecule has 0 saturated carbocycles. The number of carbonyl (C=O) groups excluding carboxylic acids is 1. The van der Waals surface area contributed by atoms with E-state index in [0.717, 1.165) is 28.2 Å². The molecular weight excluding hydrogens is 342 g/mol. The second kappa shape index (κ2) is 7.36. The summed E-state index contributed by atoms with van der Waals surface area (Å²) in [6.45, 7) is 10.2. The molecule has 0 aromatic heterocycles. The van der Waals surface area contributed by atoms with E-state index in [9.17, 15) is 4.79 Å². The van der Waals surface area contributed by atoms with Gasteiger partial charge in [0.1, 0.15) is 11.4 Å². The van der Waals surface area contributed by atoms with Crippen LogP contribution < -0.4 is 10.1 Å². The molecule has 0 spiro atoms. The number of amides is 1. The highest BCUT2D eigenvalue weighted by Crippen LogP contribution is 2.40. The van der Waals surface area contributed by atoms with Gasteiger partial charge < -0.3 is 10.1 Å². The number of rotatable bonds is 4. The molecule has 2 aromatic carbocycles. The molecule has 1 aliphatic rings. The highest BCUT2D eigenvalue weighted by Gasteiger charge is 2.35. The highest BCUT2D eigenvalue weighted by molar-refractivity contribution is 8.00. The number of ether oxygens (including phenoxy) is 1. The molecule has 0 saturated heterocycles. The van der Waals surface area contributed by atoms with E-state index < -0.39 is 0 Å². The minimum Gasteiger partial charge on any atom is -0.487 e. The van der Waals surface area contributed by atoms with Crippen LogP contribution in [-0.2, 0) is 4.79 Å². The van der Waals surface area contributed by atoms with Crippen molar-refractivity contribution in [1.29, 1.82) is 0 Å². The summed E-state index contributed by atoms with van der Waals surface area (Å²) >= 11 is 1.59. The molecule has 0 radical (unpaired) electrons. The van der Waals surface area contributed by atoms with Gasteiger partial charge in [-0.3, -0.25) is 4.79 Å². The van der Waals surface area contributed by atoms with Gasteiger partial charge in [-0.25, -0.2) is 0 Å². The van der Waals surface area contributed by atoms with Crippen LogP contribution >= 0.6 is 11.8 Å². The van der Waals surface area contributed by atoms with Crippen LogP contribution in [0.3, 0.4) is 0 Å². The first kappa shape index (κ1) is 18.8. The molecule has 2 unspecified atom stereocenters. The Morgan fingerprint density at radius 2 is 1.81 bits per heavy atom. The lowest BCUT2D eigenvalue weighted by molar-refractivity contribution is -0.121. The van der Waals surface area contributed by atoms with Crippen LogP contribution in [0.15, 0.2) is 47.4 Å². The summed E-state index contributed by atoms with van der Waals surface area (Å²) in [6, 6.07) is 14.5. The summed E-state index contributed by atoms with van der Waals surface area (Å²) < 4.78 is 6.12. The van der Waals surface area contributed by atoms with Gasteiger partial charge in [0.15, 0.2) is 0 Å². The van der Waals surface area contributed by atoms with Gasteiger partial charge in [-0.1, -0.05) is 29.8 Å². The van der Waals surface area contributed by atoms with Crippen LogP contribution in [0.1, 0.15) is 49.9 Å². The summed E-state index contributed by atoms with van der Waals surface area (Å²) in [5.41, 5.74) is 3.15. The Morgan fingerprint density at radius 3 is 2.50 bits per heavy atom. The third-order valence-corrected chi connectivity index (χ3v) is 5.76. The monoisotopic (exact) mass is 369 g/mol. The molecule has 1 aliphatic heterocycles. The van der Waals surface area contributed by atoms with Crippen molar-refractivity contribution in [2.45, 2.75) is 62.8 Å². The lowest BCUT2D eigenvalue weighted by Crippen LogP contribution is -2.43. The van der Waals surface area contributed by atoms with Crippen molar-refractivity contribution in [1.82, 2.24) is 5.32 Å². The van der Waals surface area contributed by atoms with E-state index in [0.29, 0.717) is 0 Å². The van der Waals surface area contributed by atoms with Gasteiger partial charge >= 0.3 is 0 Å². The fraction of sp³-hybridized carbons (Fsp3) is 0.409. The zero-order valence-electron chi connectivity index (χ0n) is 16.1. The first-order valence-corrected chi connectivity index (χ1v) is 9.95. The maximum absolute atomic E-state index is 12.8. The van der Waals surface area contributed by atoms with Crippen molar-refractivity contribution in [3.05, 3.63) is 59.2 Å². The Kier molecular flexibility index (Phi) is 5.33. The molecule has 0 bridgehead atoms. The molecule has 26 heavy (non-hydrogen) atoms. The first-order valence-electron chi connectivity index (χ1n) is 9.07. The molecule has 3 rings (SSSR count). The van der Waals surface area contributed by atoms with Crippen LogP contribution in [-0.4, -0.2) is 16.8 Å². The predicted molar refractivity (Wildman–Crippen MR) is 108 cm³/mol. The Labute approximate surface area is 160 Å². The topological polar surface area (TPSA) is 38.3 Å². The van der Waals surface area contributed by atoms with Gasteiger partial charge in [0.2, 0.25) is 5.91 Å². The minimum atomic E-state index is -0.300. The fourth-order valence-corrected chi connectivity index (χ4v) is 4.13. The standard InChI is InChI=1S/C22H27NO2S/c1-14-6-9-17(10-7-14)26-16(3)21(24)23-19-13-22(4,5)25-20-12-15(2)8-11-18(19)20/h6-12,16,19H,13H2,1-5H3,(H,23,24). The van der Waals surface area contributed by atoms with Crippen molar-refractivity contribution >= 4 is 17.7 Å². The summed E-state index contributed by atoms with van der Waals surface area (Å²) in [6.07, 6.45) is 0.761. The van der Waals surface area contributed by atoms with E-state index >= 15 is 0 Å². The van der Waals surface area contributed by atoms with E-state index in [1.165, 1.54) is 5.56 Å². The van der Waals surface area contributed by atoms with Gasteiger partial charge in [-0.2, -0.15) is 0 Å². The van der Waals surface area contributed by atoms with Crippen LogP contribution in [0.2, 0.25) is 0 Å². The summed E-state index contributed by atoms with van der Waals surface area (Å²) in [5.74, 6) is 0.940. The van der Waals surface area contributed by atoms with Crippen LogP contribution in [0, 0.1) is 13.8 Å². The zero-order chi connectivity index (χ0) is 18.9. The maximum Gasteiger partial charge on any atom is 0.233 e. The van der Waals surface area contributed by atoms with Crippen LogP contribution in [0.25, 0.3) is 0 Å². The first-order chi connectivity index (χ1) is 12.2. The van der Waals surface area contributed by atoms with Gasteiger partial charge in [-0.05, 0) is 58.4 Å². The van der Waals surface area contributed by atoms with Crippen molar-refractivity contribution in [3.63, 3.8) is 0 Å². The fourth-order valence-electron chi connectivity index (χ4n) is 3.25. The molecule has 3 nitrogen and oxygen atoms in total. The Morgan fingerprint density at radius 1 is 1.15 bits per heavy atom. The molecule has 2 aromatic rings. The van der Waals surface area contributed by atoms with Crippen molar-refractivity contribution < 1.29 is 9.53 Å². The molecule has 1 amide bonds. The normalized spacial score (nSPS) is 19.2. The van der Waals surface area contributed by atoms with E-state index in [1.807, 2.05) is 6.92 Å². The molecular formula is C22H27NO2S. The molecule has 138 valence electrons. The predicted octanol–water partition coefficient (Wildman–Crippen LogP) is 5.20. The second-order valence-corrected chi connectivity index (χ2v) is 9.16. The van der Waals surface area contributed by atoms with Gasteiger partial charge in [0.25, 0.3) is 0 Å². The lowest BCUT2D eigenvalue weighted by Gasteiger charge is -2.38. The molecule has 1 N–H and O–H groups in total. The Balaban J connectivity index is 1.73. The number of thioether (sulfide) groups is 1. The highest BCUT2D eigenvalue weighted by atomic mass is 32.2. The molecule has 4 heteroatoms. The van der Waals surface area contributed by atoms with E-state index in [4.69, 9.17) is 4.74 Å². The number of benzene rings is 2. The van der Waals surface area contributed by atoms with E-state index in [1.54, 1.807) is 11.8 Å². The van der Waals surface area contributed by atoms with E-state index in [2.05, 4.69) is 75.5 Å². The van der Waals surface area contributed by atoms with Crippen molar-refractivity contribution in [2.75, 3.05) is 0 Å². The number of carbonyl (C=O) groups is 1. The number of fused-ring (bicyclic) bond motifs is 1. The van der Waals surface area contributed by atoms with Gasteiger partial charge in [-0.15, -0.1) is 11.8 Å². The van der Waals surface area contributed by atoms with Gasteiger partial charge in [0.05, 0.1) is 11.3 Å². The molecule has 2 atom stereocenters. The number of nitrogens with one attached hydrogen (secondary N) is 1. The summed E-state index contributed by atoms with van der Waals surface area (Å²) in [5, 5.41) is 3.09. The van der Waals surface area contributed by atoms with Crippen LogP contribution in [0.5, 0.6) is 5.75 Å². The van der Waals surface area contributed by atoms with Crippen molar-refractivity contribution in [3.8, 4) is 5.75 Å². The quantitative estimate of drug-likeness (QED) is 0.753. The Bertz CT molecular complexity index is 798. The average Bonchev–Trinajstić information content (AvgIpc) is 2.55. The number of hydrogen-bond acceptors (Lipinski definition) is 3. The summed E-state index contributed by atoms with van der Waals surface area (Å²) in [4.78, 5) is 13.9. The van der Waals surface area contributed by atoms with Crippen molar-refractivity contribution in [2.24, 2.45) is 0 Å².